The van der Waals surface area contributed by atoms with Crippen molar-refractivity contribution in [3.05, 3.63) is 35.9 Å². The molecule has 98 valence electrons. The van der Waals surface area contributed by atoms with Crippen LogP contribution in [0.15, 0.2) is 30.3 Å². The number of halogens is 1. The first-order valence-corrected chi connectivity index (χ1v) is 7.13. The molecule has 0 N–H and O–H groups in total. The van der Waals surface area contributed by atoms with Crippen molar-refractivity contribution >= 4 is 17.5 Å². The smallest absolute Gasteiger partial charge is 0.245 e. The van der Waals surface area contributed by atoms with Gasteiger partial charge in [-0.15, -0.1) is 11.6 Å². The SMILES string of the molecule is CCN(CC1CCC1)C(=O)C(Cl)c1ccccc1. The summed E-state index contributed by atoms with van der Waals surface area (Å²) < 4.78 is 0. The molecule has 0 spiro atoms. The van der Waals surface area contributed by atoms with Crippen molar-refractivity contribution in [1.29, 1.82) is 0 Å². The third-order valence-electron chi connectivity index (χ3n) is 3.71. The van der Waals surface area contributed by atoms with Gasteiger partial charge in [-0.2, -0.15) is 0 Å². The molecule has 1 fully saturated rings. The molecule has 1 saturated carbocycles. The normalized spacial score (nSPS) is 17.0. The molecule has 1 atom stereocenters. The molecule has 1 amide bonds. The van der Waals surface area contributed by atoms with Crippen molar-refractivity contribution < 1.29 is 4.79 Å². The maximum Gasteiger partial charge on any atom is 0.245 e. The molecule has 1 aromatic carbocycles. The average molecular weight is 266 g/mol. The molecule has 0 heterocycles. The summed E-state index contributed by atoms with van der Waals surface area (Å²) >= 11 is 6.28. The number of hydrogen-bond acceptors (Lipinski definition) is 1. The van der Waals surface area contributed by atoms with E-state index in [-0.39, 0.29) is 5.91 Å². The number of hydrogen-bond donors (Lipinski definition) is 0. The molecule has 0 bridgehead atoms. The number of carbonyl (C=O) groups is 1. The molecule has 3 heteroatoms. The summed E-state index contributed by atoms with van der Waals surface area (Å²) in [5.41, 5.74) is 0.885. The van der Waals surface area contributed by atoms with Gasteiger partial charge in [-0.3, -0.25) is 4.79 Å². The molecule has 0 aromatic heterocycles. The van der Waals surface area contributed by atoms with Crippen LogP contribution in [0.2, 0.25) is 0 Å². The number of carbonyl (C=O) groups excluding carboxylic acids is 1. The van der Waals surface area contributed by atoms with E-state index in [0.29, 0.717) is 5.92 Å². The van der Waals surface area contributed by atoms with Crippen molar-refractivity contribution in [2.75, 3.05) is 13.1 Å². The highest BCUT2D eigenvalue weighted by molar-refractivity contribution is 6.30. The third kappa shape index (κ3) is 3.05. The highest BCUT2D eigenvalue weighted by atomic mass is 35.5. The Morgan fingerprint density at radius 3 is 2.56 bits per heavy atom. The quantitative estimate of drug-likeness (QED) is 0.745. The zero-order valence-electron chi connectivity index (χ0n) is 10.8. The first-order chi connectivity index (χ1) is 8.72. The van der Waals surface area contributed by atoms with Gasteiger partial charge in [-0.25, -0.2) is 0 Å². The van der Waals surface area contributed by atoms with Crippen LogP contribution >= 0.6 is 11.6 Å². The topological polar surface area (TPSA) is 20.3 Å². The van der Waals surface area contributed by atoms with Gasteiger partial charge < -0.3 is 4.90 Å². The highest BCUT2D eigenvalue weighted by Gasteiger charge is 2.27. The number of nitrogens with zero attached hydrogens (tertiary/aromatic N) is 1. The summed E-state index contributed by atoms with van der Waals surface area (Å²) in [6.07, 6.45) is 3.81. The third-order valence-corrected chi connectivity index (χ3v) is 4.14. The minimum atomic E-state index is -0.550. The second-order valence-corrected chi connectivity index (χ2v) is 5.38. The predicted molar refractivity (Wildman–Crippen MR) is 74.6 cm³/mol. The van der Waals surface area contributed by atoms with Crippen LogP contribution in [0.3, 0.4) is 0 Å². The molecule has 0 radical (unpaired) electrons. The van der Waals surface area contributed by atoms with E-state index in [1.165, 1.54) is 19.3 Å². The van der Waals surface area contributed by atoms with Gasteiger partial charge in [0.2, 0.25) is 5.91 Å². The van der Waals surface area contributed by atoms with E-state index >= 15 is 0 Å². The van der Waals surface area contributed by atoms with Gasteiger partial charge in [0.25, 0.3) is 0 Å². The van der Waals surface area contributed by atoms with E-state index in [2.05, 4.69) is 0 Å². The van der Waals surface area contributed by atoms with E-state index in [9.17, 15) is 4.79 Å². The number of likely N-dealkylation sites (N-methyl/N-ethyl adjacent to an activating group) is 1. The lowest BCUT2D eigenvalue weighted by molar-refractivity contribution is -0.131. The van der Waals surface area contributed by atoms with E-state index in [4.69, 9.17) is 11.6 Å². The fraction of sp³-hybridized carbons (Fsp3) is 0.533. The molecule has 2 nitrogen and oxygen atoms in total. The van der Waals surface area contributed by atoms with Gasteiger partial charge >= 0.3 is 0 Å². The first kappa shape index (κ1) is 13.4. The Labute approximate surface area is 114 Å². The Balaban J connectivity index is 1.99. The van der Waals surface area contributed by atoms with E-state index in [1.807, 2.05) is 42.2 Å². The van der Waals surface area contributed by atoms with Gasteiger partial charge in [0.1, 0.15) is 5.38 Å². The Hall–Kier alpha value is -1.02. The Kier molecular flexibility index (Phi) is 4.65. The highest BCUT2D eigenvalue weighted by Crippen LogP contribution is 2.29. The van der Waals surface area contributed by atoms with Crippen LogP contribution in [0, 0.1) is 5.92 Å². The first-order valence-electron chi connectivity index (χ1n) is 6.70. The minimum Gasteiger partial charge on any atom is -0.341 e. The zero-order chi connectivity index (χ0) is 13.0. The van der Waals surface area contributed by atoms with Gasteiger partial charge in [-0.1, -0.05) is 36.8 Å². The number of benzene rings is 1. The maximum atomic E-state index is 12.3. The fourth-order valence-electron chi connectivity index (χ4n) is 2.29. The monoisotopic (exact) mass is 265 g/mol. The van der Waals surface area contributed by atoms with Crippen LogP contribution in [-0.2, 0) is 4.79 Å². The molecule has 2 rings (SSSR count). The van der Waals surface area contributed by atoms with Crippen molar-refractivity contribution in [2.45, 2.75) is 31.6 Å². The fourth-order valence-corrected chi connectivity index (χ4v) is 2.57. The average Bonchev–Trinajstić information content (AvgIpc) is 2.37. The van der Waals surface area contributed by atoms with E-state index in [0.717, 1.165) is 18.7 Å². The molecule has 0 saturated heterocycles. The molecular weight excluding hydrogens is 246 g/mol. The van der Waals surface area contributed by atoms with Crippen molar-refractivity contribution in [3.8, 4) is 0 Å². The summed E-state index contributed by atoms with van der Waals surface area (Å²) in [7, 11) is 0. The van der Waals surface area contributed by atoms with E-state index in [1.54, 1.807) is 0 Å². The molecule has 1 aliphatic rings. The summed E-state index contributed by atoms with van der Waals surface area (Å²) in [5, 5.41) is -0.550. The molecular formula is C15H20ClNO. The Morgan fingerprint density at radius 2 is 2.06 bits per heavy atom. The number of rotatable bonds is 5. The molecule has 1 aliphatic carbocycles. The molecule has 1 unspecified atom stereocenters. The van der Waals surface area contributed by atoms with Crippen molar-refractivity contribution in [3.63, 3.8) is 0 Å². The van der Waals surface area contributed by atoms with Gasteiger partial charge in [0, 0.05) is 13.1 Å². The lowest BCUT2D eigenvalue weighted by Gasteiger charge is -2.32. The van der Waals surface area contributed by atoms with Crippen LogP contribution in [0.4, 0.5) is 0 Å². The number of amides is 1. The van der Waals surface area contributed by atoms with Crippen molar-refractivity contribution in [2.24, 2.45) is 5.92 Å². The molecule has 1 aromatic rings. The number of alkyl halides is 1. The maximum absolute atomic E-state index is 12.3. The predicted octanol–water partition coefficient (Wildman–Crippen LogP) is 3.62. The largest absolute Gasteiger partial charge is 0.341 e. The summed E-state index contributed by atoms with van der Waals surface area (Å²) in [5.74, 6) is 0.728. The van der Waals surface area contributed by atoms with Crippen LogP contribution in [-0.4, -0.2) is 23.9 Å². The lowest BCUT2D eigenvalue weighted by atomic mass is 9.85. The standard InChI is InChI=1S/C15H20ClNO/c1-2-17(11-12-7-6-8-12)15(18)14(16)13-9-4-3-5-10-13/h3-5,9-10,12,14H,2,6-8,11H2,1H3. The Bertz CT molecular complexity index is 389. The van der Waals surface area contributed by atoms with Crippen molar-refractivity contribution in [1.82, 2.24) is 4.90 Å². The van der Waals surface area contributed by atoms with Crippen LogP contribution < -0.4 is 0 Å². The van der Waals surface area contributed by atoms with Gasteiger partial charge in [0.05, 0.1) is 0 Å². The van der Waals surface area contributed by atoms with Crippen LogP contribution in [0.5, 0.6) is 0 Å². The lowest BCUT2D eigenvalue weighted by Crippen LogP contribution is -2.38. The second-order valence-electron chi connectivity index (χ2n) is 4.95. The van der Waals surface area contributed by atoms with Crippen LogP contribution in [0.25, 0.3) is 0 Å². The Morgan fingerprint density at radius 1 is 1.39 bits per heavy atom. The summed E-state index contributed by atoms with van der Waals surface area (Å²) in [6, 6.07) is 9.59. The van der Waals surface area contributed by atoms with Gasteiger partial charge in [-0.05, 0) is 31.2 Å². The summed E-state index contributed by atoms with van der Waals surface area (Å²) in [4.78, 5) is 14.2. The second kappa shape index (κ2) is 6.24. The summed E-state index contributed by atoms with van der Waals surface area (Å²) in [6.45, 7) is 3.63. The minimum absolute atomic E-state index is 0.0391. The van der Waals surface area contributed by atoms with Crippen LogP contribution in [0.1, 0.15) is 37.1 Å². The molecule has 18 heavy (non-hydrogen) atoms. The van der Waals surface area contributed by atoms with E-state index < -0.39 is 5.38 Å². The van der Waals surface area contributed by atoms with Gasteiger partial charge in [0.15, 0.2) is 0 Å². The zero-order valence-corrected chi connectivity index (χ0v) is 11.6. The molecule has 0 aliphatic heterocycles.